The number of carbonyl (C=O) groups excluding carboxylic acids is 1. The van der Waals surface area contributed by atoms with Crippen molar-refractivity contribution in [2.24, 2.45) is 11.8 Å². The smallest absolute Gasteiger partial charge is 0.246 e. The van der Waals surface area contributed by atoms with Crippen LogP contribution in [0.2, 0.25) is 0 Å². The summed E-state index contributed by atoms with van der Waals surface area (Å²) in [5.74, 6) is 1.79. The second kappa shape index (κ2) is 7.73. The third-order valence-electron chi connectivity index (χ3n) is 6.59. The van der Waals surface area contributed by atoms with Gasteiger partial charge in [-0.1, -0.05) is 30.3 Å². The number of pyridine rings is 1. The number of carbonyl (C=O) groups is 1. The molecule has 2 aliphatic heterocycles. The molecule has 1 fully saturated rings. The average molecular weight is 402 g/mol. The highest BCUT2D eigenvalue weighted by Gasteiger charge is 2.37. The molecule has 3 aliphatic rings. The van der Waals surface area contributed by atoms with Crippen LogP contribution in [0.25, 0.3) is 11.6 Å². The number of likely N-dealkylation sites (tertiary alicyclic amines) is 1. The van der Waals surface area contributed by atoms with E-state index in [4.69, 9.17) is 0 Å². The molecule has 30 heavy (non-hydrogen) atoms. The number of nitrogens with zero attached hydrogens (tertiary/aromatic N) is 2. The van der Waals surface area contributed by atoms with Crippen molar-refractivity contribution in [1.82, 2.24) is 9.88 Å². The summed E-state index contributed by atoms with van der Waals surface area (Å²) in [6, 6.07) is 10.6. The number of anilines is 1. The van der Waals surface area contributed by atoms with E-state index in [1.807, 2.05) is 17.0 Å². The van der Waals surface area contributed by atoms with Crippen LogP contribution < -0.4 is 5.32 Å². The molecule has 0 bridgehead atoms. The van der Waals surface area contributed by atoms with Gasteiger partial charge in [-0.3, -0.25) is 4.79 Å². The lowest BCUT2D eigenvalue weighted by atomic mass is 9.96. The Labute approximate surface area is 177 Å². The zero-order valence-electron chi connectivity index (χ0n) is 17.2. The fourth-order valence-corrected chi connectivity index (χ4v) is 4.96. The molecule has 2 aromatic rings. The van der Waals surface area contributed by atoms with Gasteiger partial charge < -0.3 is 15.3 Å². The zero-order chi connectivity index (χ0) is 20.7. The number of fused-ring (bicyclic) bond motifs is 2. The van der Waals surface area contributed by atoms with Gasteiger partial charge >= 0.3 is 0 Å². The van der Waals surface area contributed by atoms with Gasteiger partial charge in [0, 0.05) is 25.4 Å². The van der Waals surface area contributed by atoms with Crippen LogP contribution in [0.1, 0.15) is 35.1 Å². The number of allylic oxidation sites excluding steroid dienone is 1. The molecule has 0 saturated carbocycles. The Morgan fingerprint density at radius 2 is 2.17 bits per heavy atom. The van der Waals surface area contributed by atoms with Crippen LogP contribution in [-0.2, 0) is 11.2 Å². The van der Waals surface area contributed by atoms with E-state index in [1.165, 1.54) is 16.7 Å². The molecule has 5 nitrogen and oxygen atoms in total. The van der Waals surface area contributed by atoms with E-state index < -0.39 is 6.23 Å². The lowest BCUT2D eigenvalue weighted by Gasteiger charge is -2.22. The SMILES string of the molecule is Cc1ccccc1C1=CC2CN(C(=O)/C=C/c3cnc4c(c3)CCC(O)N4)CC2C1. The first-order valence-corrected chi connectivity index (χ1v) is 10.7. The predicted octanol–water partition coefficient (Wildman–Crippen LogP) is 3.64. The van der Waals surface area contributed by atoms with Crippen LogP contribution in [0.3, 0.4) is 0 Å². The molecular weight excluding hydrogens is 374 g/mol. The molecule has 3 unspecified atom stereocenters. The number of amides is 1. The van der Waals surface area contributed by atoms with E-state index in [0.29, 0.717) is 18.3 Å². The molecule has 1 amide bonds. The Kier molecular flexibility index (Phi) is 4.91. The average Bonchev–Trinajstić information content (AvgIpc) is 3.31. The van der Waals surface area contributed by atoms with Gasteiger partial charge in [0.15, 0.2) is 0 Å². The minimum Gasteiger partial charge on any atom is -0.374 e. The largest absolute Gasteiger partial charge is 0.374 e. The molecule has 154 valence electrons. The minimum absolute atomic E-state index is 0.0708. The van der Waals surface area contributed by atoms with Gasteiger partial charge in [-0.25, -0.2) is 4.98 Å². The van der Waals surface area contributed by atoms with Crippen LogP contribution in [0.5, 0.6) is 0 Å². The van der Waals surface area contributed by atoms with Crippen molar-refractivity contribution in [2.75, 3.05) is 18.4 Å². The number of hydrogen-bond donors (Lipinski definition) is 2. The summed E-state index contributed by atoms with van der Waals surface area (Å²) in [5, 5.41) is 12.6. The van der Waals surface area contributed by atoms with E-state index in [2.05, 4.69) is 47.6 Å². The van der Waals surface area contributed by atoms with E-state index >= 15 is 0 Å². The lowest BCUT2D eigenvalue weighted by Crippen LogP contribution is -2.27. The molecule has 1 aromatic carbocycles. The maximum absolute atomic E-state index is 12.7. The van der Waals surface area contributed by atoms with Gasteiger partial charge in [-0.05, 0) is 78.0 Å². The molecule has 3 heterocycles. The highest BCUT2D eigenvalue weighted by Crippen LogP contribution is 2.41. The number of aliphatic hydroxyl groups excluding tert-OH is 1. The highest BCUT2D eigenvalue weighted by atomic mass is 16.3. The van der Waals surface area contributed by atoms with Crippen molar-refractivity contribution in [2.45, 2.75) is 32.4 Å². The minimum atomic E-state index is -0.525. The Balaban J connectivity index is 1.23. The van der Waals surface area contributed by atoms with Crippen molar-refractivity contribution in [3.63, 3.8) is 0 Å². The normalized spacial score (nSPS) is 25.1. The summed E-state index contributed by atoms with van der Waals surface area (Å²) in [5.41, 5.74) is 6.11. The fraction of sp³-hybridized carbons (Fsp3) is 0.360. The summed E-state index contributed by atoms with van der Waals surface area (Å²) in [4.78, 5) is 19.1. The van der Waals surface area contributed by atoms with Crippen molar-refractivity contribution in [3.05, 3.63) is 70.9 Å². The number of benzene rings is 1. The number of aryl methyl sites for hydroxylation is 2. The summed E-state index contributed by atoms with van der Waals surface area (Å²) in [7, 11) is 0. The van der Waals surface area contributed by atoms with Gasteiger partial charge in [-0.15, -0.1) is 0 Å². The monoisotopic (exact) mass is 401 g/mol. The Morgan fingerprint density at radius 1 is 1.30 bits per heavy atom. The van der Waals surface area contributed by atoms with Crippen LogP contribution in [0.4, 0.5) is 5.82 Å². The van der Waals surface area contributed by atoms with Gasteiger partial charge in [0.05, 0.1) is 0 Å². The number of aliphatic hydroxyl groups is 1. The summed E-state index contributed by atoms with van der Waals surface area (Å²) >= 11 is 0. The van der Waals surface area contributed by atoms with Crippen LogP contribution in [0.15, 0.2) is 48.7 Å². The highest BCUT2D eigenvalue weighted by molar-refractivity contribution is 5.92. The third kappa shape index (κ3) is 3.65. The van der Waals surface area contributed by atoms with E-state index in [0.717, 1.165) is 42.9 Å². The Morgan fingerprint density at radius 3 is 3.00 bits per heavy atom. The molecule has 2 N–H and O–H groups in total. The molecule has 1 aromatic heterocycles. The molecular formula is C25H27N3O2. The van der Waals surface area contributed by atoms with Gasteiger partial charge in [-0.2, -0.15) is 0 Å². The van der Waals surface area contributed by atoms with Gasteiger partial charge in [0.25, 0.3) is 0 Å². The fourth-order valence-electron chi connectivity index (χ4n) is 4.96. The Hall–Kier alpha value is -2.92. The Bertz CT molecular complexity index is 1040. The first-order chi connectivity index (χ1) is 14.6. The summed E-state index contributed by atoms with van der Waals surface area (Å²) < 4.78 is 0. The molecule has 5 heteroatoms. The van der Waals surface area contributed by atoms with Gasteiger partial charge in [0.2, 0.25) is 5.91 Å². The predicted molar refractivity (Wildman–Crippen MR) is 119 cm³/mol. The first kappa shape index (κ1) is 19.1. The number of nitrogens with one attached hydrogen (secondary N) is 1. The maximum atomic E-state index is 12.7. The van der Waals surface area contributed by atoms with Crippen molar-refractivity contribution in [3.8, 4) is 0 Å². The van der Waals surface area contributed by atoms with E-state index in [9.17, 15) is 9.90 Å². The maximum Gasteiger partial charge on any atom is 0.246 e. The molecule has 5 rings (SSSR count). The lowest BCUT2D eigenvalue weighted by molar-refractivity contribution is -0.125. The third-order valence-corrected chi connectivity index (χ3v) is 6.59. The number of aromatic nitrogens is 1. The van der Waals surface area contributed by atoms with Crippen LogP contribution in [0, 0.1) is 18.8 Å². The topological polar surface area (TPSA) is 65.5 Å². The molecule has 3 atom stereocenters. The van der Waals surface area contributed by atoms with Gasteiger partial charge in [0.1, 0.15) is 12.0 Å². The number of rotatable bonds is 3. The zero-order valence-corrected chi connectivity index (χ0v) is 17.2. The van der Waals surface area contributed by atoms with E-state index in [-0.39, 0.29) is 5.91 Å². The summed E-state index contributed by atoms with van der Waals surface area (Å²) in [6.07, 6.45) is 9.64. The second-order valence-corrected chi connectivity index (χ2v) is 8.69. The molecule has 0 spiro atoms. The quantitative estimate of drug-likeness (QED) is 0.771. The standard InChI is InChI=1S/C25H27N3O2/c1-16-4-2-3-5-22(16)19-11-20-14-28(15-21(20)12-19)24(30)9-6-17-10-18-7-8-23(29)27-25(18)26-13-17/h2-6,9-11,13,20-21,23,29H,7-8,12,14-15H2,1H3,(H,26,27)/b9-6+. The van der Waals surface area contributed by atoms with Crippen LogP contribution >= 0.6 is 0 Å². The molecule has 1 aliphatic carbocycles. The van der Waals surface area contributed by atoms with Crippen molar-refractivity contribution < 1.29 is 9.90 Å². The number of hydrogen-bond acceptors (Lipinski definition) is 4. The second-order valence-electron chi connectivity index (χ2n) is 8.69. The molecule has 1 saturated heterocycles. The van der Waals surface area contributed by atoms with E-state index in [1.54, 1.807) is 12.3 Å². The molecule has 0 radical (unpaired) electrons. The van der Waals surface area contributed by atoms with Crippen molar-refractivity contribution in [1.29, 1.82) is 0 Å². The van der Waals surface area contributed by atoms with Crippen LogP contribution in [-0.4, -0.2) is 40.2 Å². The summed E-state index contributed by atoms with van der Waals surface area (Å²) in [6.45, 7) is 3.79. The first-order valence-electron chi connectivity index (χ1n) is 10.7. The van der Waals surface area contributed by atoms with Crippen molar-refractivity contribution >= 4 is 23.4 Å².